The number of aromatic nitrogens is 2. The molecule has 30 heavy (non-hydrogen) atoms. The van der Waals surface area contributed by atoms with Crippen LogP contribution in [0.4, 0.5) is 0 Å². The molecule has 0 aromatic carbocycles. The van der Waals surface area contributed by atoms with E-state index in [-0.39, 0.29) is 23.3 Å². The smallest absolute Gasteiger partial charge is 0.276 e. The van der Waals surface area contributed by atoms with E-state index in [0.29, 0.717) is 44.1 Å². The molecule has 5 rings (SSSR count). The molecule has 1 amide bonds. The summed E-state index contributed by atoms with van der Waals surface area (Å²) >= 11 is 0. The third kappa shape index (κ3) is 3.48. The highest BCUT2D eigenvalue weighted by atomic mass is 16.5. The molecule has 3 aliphatic rings. The zero-order valence-electron chi connectivity index (χ0n) is 17.4. The van der Waals surface area contributed by atoms with E-state index in [4.69, 9.17) is 9.15 Å². The summed E-state index contributed by atoms with van der Waals surface area (Å²) in [6, 6.07) is 4.08. The zero-order valence-corrected chi connectivity index (χ0v) is 17.4. The molecule has 0 radical (unpaired) electrons. The summed E-state index contributed by atoms with van der Waals surface area (Å²) in [5.41, 5.74) is 2.45. The molecule has 0 aliphatic carbocycles. The number of likely N-dealkylation sites (tertiary alicyclic amines) is 1. The van der Waals surface area contributed by atoms with Crippen LogP contribution < -0.4 is 5.56 Å². The van der Waals surface area contributed by atoms with Crippen LogP contribution >= 0.6 is 0 Å². The van der Waals surface area contributed by atoms with Gasteiger partial charge < -0.3 is 18.6 Å². The predicted octanol–water partition coefficient (Wildman–Crippen LogP) is 1.49. The van der Waals surface area contributed by atoms with Crippen LogP contribution in [0.3, 0.4) is 0 Å². The molecular formula is C22H28N4O4. The minimum Gasteiger partial charge on any atom is -0.448 e. The molecule has 2 atom stereocenters. The fourth-order valence-corrected chi connectivity index (χ4v) is 5.12. The van der Waals surface area contributed by atoms with Crippen molar-refractivity contribution in [3.05, 3.63) is 51.6 Å². The number of rotatable bonds is 4. The van der Waals surface area contributed by atoms with Gasteiger partial charge in [0.25, 0.3) is 11.5 Å². The third-order valence-electron chi connectivity index (χ3n) is 6.63. The van der Waals surface area contributed by atoms with Gasteiger partial charge in [-0.1, -0.05) is 13.0 Å². The number of hydrogen-bond donors (Lipinski definition) is 0. The second kappa shape index (κ2) is 8.00. The Morgan fingerprint density at radius 1 is 1.20 bits per heavy atom. The zero-order chi connectivity index (χ0) is 20.7. The number of amides is 1. The van der Waals surface area contributed by atoms with Crippen LogP contribution in [0.15, 0.2) is 27.7 Å². The van der Waals surface area contributed by atoms with Crippen LogP contribution in [0.2, 0.25) is 0 Å². The Morgan fingerprint density at radius 3 is 2.83 bits per heavy atom. The first-order valence-electron chi connectivity index (χ1n) is 10.9. The van der Waals surface area contributed by atoms with Gasteiger partial charge in [-0.05, 0) is 18.4 Å². The van der Waals surface area contributed by atoms with Gasteiger partial charge in [-0.3, -0.25) is 14.5 Å². The Morgan fingerprint density at radius 2 is 2.03 bits per heavy atom. The van der Waals surface area contributed by atoms with E-state index in [1.54, 1.807) is 0 Å². The van der Waals surface area contributed by atoms with Crippen LogP contribution in [0.25, 0.3) is 0 Å². The molecule has 8 nitrogen and oxygen atoms in total. The Labute approximate surface area is 175 Å². The Bertz CT molecular complexity index is 991. The highest BCUT2D eigenvalue weighted by Gasteiger charge is 2.38. The number of carbonyl (C=O) groups is 1. The van der Waals surface area contributed by atoms with Gasteiger partial charge in [-0.15, -0.1) is 0 Å². The molecule has 0 spiro atoms. The Balaban J connectivity index is 1.37. The molecule has 0 unspecified atom stereocenters. The van der Waals surface area contributed by atoms with Gasteiger partial charge in [0.05, 0.1) is 13.2 Å². The molecule has 0 N–H and O–H groups in total. The second-order valence-corrected chi connectivity index (χ2v) is 8.57. The fraction of sp³-hybridized carbons (Fsp3) is 0.591. The number of nitrogens with zero attached hydrogens (tertiary/aromatic N) is 4. The maximum atomic E-state index is 13.2. The van der Waals surface area contributed by atoms with Gasteiger partial charge in [0, 0.05) is 62.9 Å². The topological polar surface area (TPSA) is 80.8 Å². The first-order chi connectivity index (χ1) is 14.6. The van der Waals surface area contributed by atoms with Crippen LogP contribution in [-0.2, 0) is 24.2 Å². The summed E-state index contributed by atoms with van der Waals surface area (Å²) < 4.78 is 12.7. The number of piperidine rings is 1. The van der Waals surface area contributed by atoms with Crippen molar-refractivity contribution in [3.8, 4) is 0 Å². The van der Waals surface area contributed by atoms with E-state index < -0.39 is 0 Å². The summed E-state index contributed by atoms with van der Waals surface area (Å²) in [5.74, 6) is 1.05. The largest absolute Gasteiger partial charge is 0.448 e. The predicted molar refractivity (Wildman–Crippen MR) is 109 cm³/mol. The van der Waals surface area contributed by atoms with Crippen molar-refractivity contribution in [2.45, 2.75) is 38.8 Å². The lowest BCUT2D eigenvalue weighted by atomic mass is 9.82. The Hall–Kier alpha value is -2.45. The summed E-state index contributed by atoms with van der Waals surface area (Å²) in [7, 11) is 0. The van der Waals surface area contributed by atoms with Gasteiger partial charge in [-0.25, -0.2) is 4.98 Å². The molecule has 0 saturated carbocycles. The van der Waals surface area contributed by atoms with Crippen LogP contribution in [0.5, 0.6) is 0 Å². The molecule has 2 aromatic rings. The highest BCUT2D eigenvalue weighted by molar-refractivity contribution is 5.93. The van der Waals surface area contributed by atoms with Crippen molar-refractivity contribution < 1.29 is 13.9 Å². The van der Waals surface area contributed by atoms with Gasteiger partial charge in [0.1, 0.15) is 5.76 Å². The lowest BCUT2D eigenvalue weighted by Crippen LogP contribution is -2.50. The molecule has 3 aliphatic heterocycles. The molecule has 2 aromatic heterocycles. The van der Waals surface area contributed by atoms with E-state index in [1.165, 1.54) is 6.39 Å². The van der Waals surface area contributed by atoms with Gasteiger partial charge in [0.15, 0.2) is 12.1 Å². The molecule has 2 bridgehead atoms. The monoisotopic (exact) mass is 412 g/mol. The molecule has 160 valence electrons. The van der Waals surface area contributed by atoms with Crippen molar-refractivity contribution in [2.24, 2.45) is 5.92 Å². The van der Waals surface area contributed by atoms with Crippen LogP contribution in [0.1, 0.15) is 46.8 Å². The highest BCUT2D eigenvalue weighted by Crippen LogP contribution is 2.35. The van der Waals surface area contributed by atoms with Gasteiger partial charge in [-0.2, -0.15) is 0 Å². The molecule has 8 heteroatoms. The van der Waals surface area contributed by atoms with E-state index in [2.05, 4.69) is 16.0 Å². The number of ether oxygens (including phenoxy) is 1. The van der Waals surface area contributed by atoms with Crippen molar-refractivity contribution in [3.63, 3.8) is 0 Å². The average Bonchev–Trinajstić information content (AvgIpc) is 3.25. The van der Waals surface area contributed by atoms with Crippen LogP contribution in [0, 0.1) is 5.92 Å². The Kier molecular flexibility index (Phi) is 5.20. The van der Waals surface area contributed by atoms with E-state index in [0.717, 1.165) is 44.0 Å². The molecule has 5 heterocycles. The standard InChI is InChI=1S/C22H28N4O4/c1-2-19-20(23-14-30-19)22(28)25-10-15-9-17(13-25)18-4-3-16(21(27)26(18)11-15)12-24-5-7-29-8-6-24/h3-4,14-15,17H,2,5-13H2,1H3/t15-,17+/m0/s1. The first-order valence-corrected chi connectivity index (χ1v) is 10.9. The number of fused-ring (bicyclic) bond motifs is 4. The summed E-state index contributed by atoms with van der Waals surface area (Å²) in [6.07, 6.45) is 3.01. The first kappa shape index (κ1) is 19.5. The van der Waals surface area contributed by atoms with E-state index in [9.17, 15) is 9.59 Å². The summed E-state index contributed by atoms with van der Waals surface area (Å²) in [6.45, 7) is 7.77. The number of aryl methyl sites for hydroxylation is 1. The summed E-state index contributed by atoms with van der Waals surface area (Å²) in [4.78, 5) is 34.6. The third-order valence-corrected chi connectivity index (χ3v) is 6.63. The SMILES string of the molecule is CCc1ocnc1C(=O)N1C[C@@H]2C[C@H](C1)c1ccc(CN3CCOCC3)c(=O)n1C2. The van der Waals surface area contributed by atoms with E-state index >= 15 is 0 Å². The lowest BCUT2D eigenvalue weighted by Gasteiger charge is -2.42. The molecule has 2 saturated heterocycles. The molecule has 2 fully saturated rings. The maximum absolute atomic E-state index is 13.2. The lowest BCUT2D eigenvalue weighted by molar-refractivity contribution is 0.0338. The number of oxazole rings is 1. The van der Waals surface area contributed by atoms with E-state index in [1.807, 2.05) is 22.5 Å². The fourth-order valence-electron chi connectivity index (χ4n) is 5.12. The van der Waals surface area contributed by atoms with Crippen molar-refractivity contribution in [1.82, 2.24) is 19.4 Å². The van der Waals surface area contributed by atoms with Crippen LogP contribution in [-0.4, -0.2) is 64.7 Å². The second-order valence-electron chi connectivity index (χ2n) is 8.57. The number of hydrogen-bond acceptors (Lipinski definition) is 6. The maximum Gasteiger partial charge on any atom is 0.276 e. The minimum atomic E-state index is -0.0602. The van der Waals surface area contributed by atoms with Crippen molar-refractivity contribution >= 4 is 5.91 Å². The van der Waals surface area contributed by atoms with Crippen molar-refractivity contribution in [1.29, 1.82) is 0 Å². The van der Waals surface area contributed by atoms with Crippen molar-refractivity contribution in [2.75, 3.05) is 39.4 Å². The number of carbonyl (C=O) groups excluding carboxylic acids is 1. The normalized spacial score (nSPS) is 24.0. The van der Waals surface area contributed by atoms with Gasteiger partial charge in [0.2, 0.25) is 0 Å². The number of morpholine rings is 1. The molecular weight excluding hydrogens is 384 g/mol. The summed E-state index contributed by atoms with van der Waals surface area (Å²) in [5, 5.41) is 0. The average molecular weight is 412 g/mol. The quantitative estimate of drug-likeness (QED) is 0.757. The minimum absolute atomic E-state index is 0.0602. The van der Waals surface area contributed by atoms with Gasteiger partial charge >= 0.3 is 0 Å². The number of pyridine rings is 1.